The van der Waals surface area contributed by atoms with Crippen molar-refractivity contribution in [1.29, 1.82) is 0 Å². The van der Waals surface area contributed by atoms with Crippen LogP contribution < -0.4 is 11.1 Å². The van der Waals surface area contributed by atoms with Gasteiger partial charge < -0.3 is 11.1 Å². The summed E-state index contributed by atoms with van der Waals surface area (Å²) >= 11 is 0. The Kier molecular flexibility index (Phi) is 6.62. The third-order valence-corrected chi connectivity index (χ3v) is 4.36. The quantitative estimate of drug-likeness (QED) is 0.798. The number of rotatable bonds is 7. The minimum absolute atomic E-state index is 0.288. The first kappa shape index (κ1) is 19.5. The molecule has 3 nitrogen and oxygen atoms in total. The maximum Gasteiger partial charge on any atom is 0.416 e. The standard InChI is InChI=1S/C17H25F3N2O/c1-4-14(15(23)22-11-16(21,5-2)6-3)12-8-7-9-13(10-12)17(18,19)20/h7-10,14H,4-6,11,21H2,1-3H3,(H,22,23). The molecule has 0 saturated heterocycles. The van der Waals surface area contributed by atoms with Crippen molar-refractivity contribution in [2.75, 3.05) is 6.54 Å². The largest absolute Gasteiger partial charge is 0.416 e. The topological polar surface area (TPSA) is 55.1 Å². The smallest absolute Gasteiger partial charge is 0.354 e. The first-order valence-electron chi connectivity index (χ1n) is 7.90. The lowest BCUT2D eigenvalue weighted by molar-refractivity contribution is -0.137. The van der Waals surface area contributed by atoms with Crippen LogP contribution in [-0.2, 0) is 11.0 Å². The summed E-state index contributed by atoms with van der Waals surface area (Å²) in [4.78, 5) is 12.4. The average Bonchev–Trinajstić information content (AvgIpc) is 2.53. The Bertz CT molecular complexity index is 525. The second kappa shape index (κ2) is 7.81. The number of hydrogen-bond donors (Lipinski definition) is 2. The summed E-state index contributed by atoms with van der Waals surface area (Å²) < 4.78 is 38.4. The summed E-state index contributed by atoms with van der Waals surface area (Å²) in [6.07, 6.45) is -2.57. The van der Waals surface area contributed by atoms with Gasteiger partial charge in [0.05, 0.1) is 11.5 Å². The minimum atomic E-state index is -4.42. The highest BCUT2D eigenvalue weighted by Gasteiger charge is 2.32. The van der Waals surface area contributed by atoms with E-state index in [0.29, 0.717) is 31.4 Å². The summed E-state index contributed by atoms with van der Waals surface area (Å²) in [6, 6.07) is 4.94. The van der Waals surface area contributed by atoms with E-state index < -0.39 is 23.2 Å². The van der Waals surface area contributed by atoms with E-state index in [1.54, 1.807) is 13.0 Å². The lowest BCUT2D eigenvalue weighted by atomic mass is 9.91. The third-order valence-electron chi connectivity index (χ3n) is 4.36. The van der Waals surface area contributed by atoms with Crippen molar-refractivity contribution < 1.29 is 18.0 Å². The van der Waals surface area contributed by atoms with Gasteiger partial charge in [-0.2, -0.15) is 13.2 Å². The first-order valence-corrected chi connectivity index (χ1v) is 7.90. The van der Waals surface area contributed by atoms with Gasteiger partial charge in [0.2, 0.25) is 5.91 Å². The number of nitrogens with one attached hydrogen (secondary N) is 1. The highest BCUT2D eigenvalue weighted by Crippen LogP contribution is 2.31. The predicted molar refractivity (Wildman–Crippen MR) is 85.0 cm³/mol. The number of benzene rings is 1. The number of hydrogen-bond acceptors (Lipinski definition) is 2. The SMILES string of the molecule is CCC(C(=O)NCC(N)(CC)CC)c1cccc(C(F)(F)F)c1. The van der Waals surface area contributed by atoms with Crippen molar-refractivity contribution in [2.45, 2.75) is 57.7 Å². The summed E-state index contributed by atoms with van der Waals surface area (Å²) in [6.45, 7) is 5.98. The van der Waals surface area contributed by atoms with Crippen LogP contribution in [0.25, 0.3) is 0 Å². The third kappa shape index (κ3) is 5.23. The lowest BCUT2D eigenvalue weighted by Crippen LogP contribution is -2.50. The van der Waals surface area contributed by atoms with E-state index in [1.165, 1.54) is 6.07 Å². The van der Waals surface area contributed by atoms with Crippen LogP contribution >= 0.6 is 0 Å². The van der Waals surface area contributed by atoms with E-state index in [4.69, 9.17) is 5.73 Å². The molecule has 0 bridgehead atoms. The van der Waals surface area contributed by atoms with E-state index in [0.717, 1.165) is 12.1 Å². The molecule has 1 unspecified atom stereocenters. The molecule has 0 aliphatic carbocycles. The molecular weight excluding hydrogens is 305 g/mol. The minimum Gasteiger partial charge on any atom is -0.354 e. The molecule has 130 valence electrons. The van der Waals surface area contributed by atoms with Crippen LogP contribution in [-0.4, -0.2) is 18.0 Å². The fourth-order valence-electron chi connectivity index (χ4n) is 2.39. The Hall–Kier alpha value is -1.56. The molecule has 0 fully saturated rings. The van der Waals surface area contributed by atoms with Crippen molar-refractivity contribution in [2.24, 2.45) is 5.73 Å². The molecule has 1 atom stereocenters. The van der Waals surface area contributed by atoms with E-state index in [2.05, 4.69) is 5.32 Å². The molecular formula is C17H25F3N2O. The Morgan fingerprint density at radius 3 is 2.30 bits per heavy atom. The van der Waals surface area contributed by atoms with E-state index >= 15 is 0 Å². The van der Waals surface area contributed by atoms with Crippen LogP contribution in [0.2, 0.25) is 0 Å². The van der Waals surface area contributed by atoms with Gasteiger partial charge in [-0.15, -0.1) is 0 Å². The van der Waals surface area contributed by atoms with Crippen LogP contribution in [0, 0.1) is 0 Å². The lowest BCUT2D eigenvalue weighted by Gasteiger charge is -2.28. The van der Waals surface area contributed by atoms with Crippen LogP contribution in [0.3, 0.4) is 0 Å². The van der Waals surface area contributed by atoms with Crippen molar-refractivity contribution in [1.82, 2.24) is 5.32 Å². The molecule has 1 amide bonds. The van der Waals surface area contributed by atoms with Crippen molar-refractivity contribution in [3.8, 4) is 0 Å². The number of halogens is 3. The molecule has 1 aromatic carbocycles. The van der Waals surface area contributed by atoms with Gasteiger partial charge in [-0.05, 0) is 30.9 Å². The maximum absolute atomic E-state index is 12.8. The molecule has 0 aromatic heterocycles. The van der Waals surface area contributed by atoms with Gasteiger partial charge in [0.25, 0.3) is 0 Å². The molecule has 0 spiro atoms. The van der Waals surface area contributed by atoms with Gasteiger partial charge in [-0.1, -0.05) is 39.0 Å². The molecule has 1 aromatic rings. The molecule has 0 saturated carbocycles. The fraction of sp³-hybridized carbons (Fsp3) is 0.588. The zero-order valence-electron chi connectivity index (χ0n) is 13.8. The molecule has 0 aliphatic rings. The van der Waals surface area contributed by atoms with Crippen molar-refractivity contribution in [3.63, 3.8) is 0 Å². The highest BCUT2D eigenvalue weighted by molar-refractivity contribution is 5.83. The summed E-state index contributed by atoms with van der Waals surface area (Å²) in [7, 11) is 0. The second-order valence-electron chi connectivity index (χ2n) is 5.87. The molecule has 1 rings (SSSR count). The number of nitrogens with two attached hydrogens (primary N) is 1. The monoisotopic (exact) mass is 330 g/mol. The molecule has 6 heteroatoms. The average molecular weight is 330 g/mol. The van der Waals surface area contributed by atoms with Crippen LogP contribution in [0.4, 0.5) is 13.2 Å². The Balaban J connectivity index is 2.90. The zero-order valence-corrected chi connectivity index (χ0v) is 13.8. The van der Waals surface area contributed by atoms with Gasteiger partial charge >= 0.3 is 6.18 Å². The van der Waals surface area contributed by atoms with Gasteiger partial charge in [0, 0.05) is 12.1 Å². The van der Waals surface area contributed by atoms with Gasteiger partial charge in [-0.3, -0.25) is 4.79 Å². The summed E-state index contributed by atoms with van der Waals surface area (Å²) in [5, 5.41) is 2.79. The van der Waals surface area contributed by atoms with Gasteiger partial charge in [-0.25, -0.2) is 0 Å². The summed E-state index contributed by atoms with van der Waals surface area (Å²) in [5.74, 6) is -0.904. The molecule has 23 heavy (non-hydrogen) atoms. The maximum atomic E-state index is 12.8. The Morgan fingerprint density at radius 1 is 1.22 bits per heavy atom. The van der Waals surface area contributed by atoms with E-state index in [-0.39, 0.29) is 5.91 Å². The van der Waals surface area contributed by atoms with Crippen LogP contribution in [0.1, 0.15) is 57.1 Å². The second-order valence-corrected chi connectivity index (χ2v) is 5.87. The Morgan fingerprint density at radius 2 is 1.83 bits per heavy atom. The zero-order chi connectivity index (χ0) is 17.7. The van der Waals surface area contributed by atoms with Gasteiger partial charge in [0.1, 0.15) is 0 Å². The fourth-order valence-corrected chi connectivity index (χ4v) is 2.39. The normalized spacial score (nSPS) is 13.7. The van der Waals surface area contributed by atoms with E-state index in [1.807, 2.05) is 13.8 Å². The molecule has 3 N–H and O–H groups in total. The summed E-state index contributed by atoms with van der Waals surface area (Å²) in [5.41, 5.74) is 5.29. The number of amides is 1. The molecule has 0 radical (unpaired) electrons. The first-order chi connectivity index (χ1) is 10.7. The predicted octanol–water partition coefficient (Wildman–Crippen LogP) is 3.83. The van der Waals surface area contributed by atoms with Crippen molar-refractivity contribution in [3.05, 3.63) is 35.4 Å². The van der Waals surface area contributed by atoms with Crippen molar-refractivity contribution >= 4 is 5.91 Å². The highest BCUT2D eigenvalue weighted by atomic mass is 19.4. The number of carbonyl (C=O) groups excluding carboxylic acids is 1. The van der Waals surface area contributed by atoms with Crippen LogP contribution in [0.15, 0.2) is 24.3 Å². The molecule has 0 heterocycles. The number of alkyl halides is 3. The Labute approximate surface area is 135 Å². The number of carbonyl (C=O) groups is 1. The van der Waals surface area contributed by atoms with E-state index in [9.17, 15) is 18.0 Å². The van der Waals surface area contributed by atoms with Crippen LogP contribution in [0.5, 0.6) is 0 Å². The van der Waals surface area contributed by atoms with Gasteiger partial charge in [0.15, 0.2) is 0 Å². The molecule has 0 aliphatic heterocycles.